The van der Waals surface area contributed by atoms with E-state index in [2.05, 4.69) is 4.90 Å². The van der Waals surface area contributed by atoms with E-state index in [1.165, 1.54) is 6.42 Å². The van der Waals surface area contributed by atoms with Gasteiger partial charge in [0.1, 0.15) is 0 Å². The Morgan fingerprint density at radius 3 is 2.21 bits per heavy atom. The van der Waals surface area contributed by atoms with E-state index in [4.69, 9.17) is 11.6 Å². The molecule has 5 heteroatoms. The van der Waals surface area contributed by atoms with E-state index in [1.807, 2.05) is 0 Å². The molecule has 1 saturated carbocycles. The Hall–Kier alpha value is -0.900. The average molecular weight is 292 g/mol. The second kappa shape index (κ2) is 6.04. The number of hydrogen-bond acceptors (Lipinski definition) is 1. The lowest BCUT2D eigenvalue weighted by Crippen LogP contribution is -2.41. The number of nitrogens with zero attached hydrogens (tertiary/aromatic N) is 1. The van der Waals surface area contributed by atoms with Gasteiger partial charge >= 0.3 is 6.18 Å². The van der Waals surface area contributed by atoms with Crippen molar-refractivity contribution in [3.8, 4) is 0 Å². The maximum atomic E-state index is 12.5. The molecule has 0 heterocycles. The van der Waals surface area contributed by atoms with Crippen molar-refractivity contribution < 1.29 is 13.2 Å². The number of rotatable bonds is 5. The highest BCUT2D eigenvalue weighted by Gasteiger charge is 2.31. The zero-order valence-corrected chi connectivity index (χ0v) is 11.3. The van der Waals surface area contributed by atoms with Gasteiger partial charge in [0, 0.05) is 24.2 Å². The van der Waals surface area contributed by atoms with Gasteiger partial charge in [-0.15, -0.1) is 11.6 Å². The zero-order chi connectivity index (χ0) is 13.9. The first-order valence-corrected chi connectivity index (χ1v) is 7.05. The Balaban J connectivity index is 2.12. The smallest absolute Gasteiger partial charge is 0.369 e. The molecule has 1 fully saturated rings. The second-order valence-electron chi connectivity index (χ2n) is 4.87. The molecule has 106 valence electrons. The molecule has 0 saturated heterocycles. The molecule has 0 amide bonds. The highest BCUT2D eigenvalue weighted by molar-refractivity contribution is 6.17. The molecule has 0 unspecified atom stereocenters. The fourth-order valence-electron chi connectivity index (χ4n) is 2.29. The van der Waals surface area contributed by atoms with Crippen molar-refractivity contribution >= 4 is 17.3 Å². The molecular weight excluding hydrogens is 275 g/mol. The molecule has 1 aliphatic carbocycles. The first kappa shape index (κ1) is 14.5. The van der Waals surface area contributed by atoms with Crippen LogP contribution in [0.15, 0.2) is 24.3 Å². The van der Waals surface area contributed by atoms with Gasteiger partial charge < -0.3 is 4.90 Å². The fourth-order valence-corrected chi connectivity index (χ4v) is 2.41. The summed E-state index contributed by atoms with van der Waals surface area (Å²) in [5.74, 6) is 0.573. The molecule has 1 nitrogen and oxygen atoms in total. The summed E-state index contributed by atoms with van der Waals surface area (Å²) < 4.78 is 37.6. The lowest BCUT2D eigenvalue weighted by atomic mass is 9.91. The number of benzene rings is 1. The van der Waals surface area contributed by atoms with Crippen LogP contribution in [0, 0.1) is 0 Å². The molecule has 0 N–H and O–H groups in total. The maximum absolute atomic E-state index is 12.5. The molecule has 2 rings (SSSR count). The third-order valence-corrected chi connectivity index (χ3v) is 3.84. The van der Waals surface area contributed by atoms with Crippen molar-refractivity contribution in [2.45, 2.75) is 37.9 Å². The van der Waals surface area contributed by atoms with E-state index in [1.54, 1.807) is 12.1 Å². The van der Waals surface area contributed by atoms with Gasteiger partial charge in [0.05, 0.1) is 5.56 Å². The predicted molar refractivity (Wildman–Crippen MR) is 71.8 cm³/mol. The van der Waals surface area contributed by atoms with Gasteiger partial charge in [-0.2, -0.15) is 13.2 Å². The van der Waals surface area contributed by atoms with Crippen LogP contribution in [-0.2, 0) is 6.18 Å². The topological polar surface area (TPSA) is 3.24 Å². The number of halogens is 4. The molecule has 0 spiro atoms. The van der Waals surface area contributed by atoms with Gasteiger partial charge in [0.2, 0.25) is 0 Å². The standard InChI is InChI=1S/C14H17ClF3N/c15-9-2-10-19(12-3-1-4-12)13-7-5-11(6-8-13)14(16,17)18/h5-8,12H,1-4,9-10H2. The zero-order valence-electron chi connectivity index (χ0n) is 10.6. The van der Waals surface area contributed by atoms with Crippen molar-refractivity contribution in [3.05, 3.63) is 29.8 Å². The van der Waals surface area contributed by atoms with Gasteiger partial charge in [-0.1, -0.05) is 0 Å². The van der Waals surface area contributed by atoms with Crippen LogP contribution >= 0.6 is 11.6 Å². The van der Waals surface area contributed by atoms with Crippen molar-refractivity contribution in [2.24, 2.45) is 0 Å². The van der Waals surface area contributed by atoms with Crippen LogP contribution in [0.1, 0.15) is 31.2 Å². The Morgan fingerprint density at radius 2 is 1.79 bits per heavy atom. The van der Waals surface area contributed by atoms with Crippen LogP contribution in [0.5, 0.6) is 0 Å². The molecular formula is C14H17ClF3N. The summed E-state index contributed by atoms with van der Waals surface area (Å²) >= 11 is 5.71. The minimum atomic E-state index is -4.27. The van der Waals surface area contributed by atoms with E-state index in [0.29, 0.717) is 11.9 Å². The average Bonchev–Trinajstić information content (AvgIpc) is 2.31. The summed E-state index contributed by atoms with van der Waals surface area (Å²) in [6.07, 6.45) is 0.00430. The van der Waals surface area contributed by atoms with Gasteiger partial charge in [-0.05, 0) is 49.9 Å². The van der Waals surface area contributed by atoms with Crippen molar-refractivity contribution in [3.63, 3.8) is 0 Å². The molecule has 1 aromatic rings. The van der Waals surface area contributed by atoms with Crippen LogP contribution in [0.4, 0.5) is 18.9 Å². The van der Waals surface area contributed by atoms with E-state index in [-0.39, 0.29) is 0 Å². The molecule has 0 aliphatic heterocycles. The summed E-state index contributed by atoms with van der Waals surface area (Å²) in [5, 5.41) is 0. The van der Waals surface area contributed by atoms with Crippen LogP contribution in [0.3, 0.4) is 0 Å². The molecule has 0 bridgehead atoms. The first-order chi connectivity index (χ1) is 9.02. The summed E-state index contributed by atoms with van der Waals surface area (Å²) in [5.41, 5.74) is 0.268. The van der Waals surface area contributed by atoms with Crippen molar-refractivity contribution in [2.75, 3.05) is 17.3 Å². The van der Waals surface area contributed by atoms with Crippen LogP contribution in [-0.4, -0.2) is 18.5 Å². The minimum absolute atomic E-state index is 0.458. The number of hydrogen-bond donors (Lipinski definition) is 0. The molecule has 0 atom stereocenters. The fraction of sp³-hybridized carbons (Fsp3) is 0.571. The van der Waals surface area contributed by atoms with Gasteiger partial charge in [0.15, 0.2) is 0 Å². The summed E-state index contributed by atoms with van der Waals surface area (Å²) in [6, 6.07) is 5.90. The van der Waals surface area contributed by atoms with E-state index in [9.17, 15) is 13.2 Å². The predicted octanol–water partition coefficient (Wildman–Crippen LogP) is 4.69. The maximum Gasteiger partial charge on any atom is 0.416 e. The Bertz CT molecular complexity index is 398. The molecule has 1 aliphatic rings. The van der Waals surface area contributed by atoms with Gasteiger partial charge in [-0.25, -0.2) is 0 Å². The molecule has 0 radical (unpaired) electrons. The Labute approximate surface area is 116 Å². The van der Waals surface area contributed by atoms with Crippen LogP contribution in [0.25, 0.3) is 0 Å². The highest BCUT2D eigenvalue weighted by atomic mass is 35.5. The summed E-state index contributed by atoms with van der Waals surface area (Å²) in [4.78, 5) is 2.19. The summed E-state index contributed by atoms with van der Waals surface area (Å²) in [7, 11) is 0. The van der Waals surface area contributed by atoms with Crippen molar-refractivity contribution in [1.29, 1.82) is 0 Å². The molecule has 19 heavy (non-hydrogen) atoms. The Kier molecular flexibility index (Phi) is 4.61. The SMILES string of the molecule is FC(F)(F)c1ccc(N(CCCCl)C2CCC2)cc1. The van der Waals surface area contributed by atoms with Crippen LogP contribution < -0.4 is 4.90 Å². The lowest BCUT2D eigenvalue weighted by molar-refractivity contribution is -0.137. The van der Waals surface area contributed by atoms with Crippen molar-refractivity contribution in [1.82, 2.24) is 0 Å². The van der Waals surface area contributed by atoms with E-state index in [0.717, 1.165) is 43.6 Å². The molecule has 0 aromatic heterocycles. The third kappa shape index (κ3) is 3.56. The lowest BCUT2D eigenvalue weighted by Gasteiger charge is -2.39. The third-order valence-electron chi connectivity index (χ3n) is 3.57. The van der Waals surface area contributed by atoms with E-state index < -0.39 is 11.7 Å². The van der Waals surface area contributed by atoms with Gasteiger partial charge in [-0.3, -0.25) is 0 Å². The summed E-state index contributed by atoms with van der Waals surface area (Å²) in [6.45, 7) is 0.805. The highest BCUT2D eigenvalue weighted by Crippen LogP contribution is 2.33. The quantitative estimate of drug-likeness (QED) is 0.711. The number of alkyl halides is 4. The monoisotopic (exact) mass is 291 g/mol. The Morgan fingerprint density at radius 1 is 1.16 bits per heavy atom. The minimum Gasteiger partial charge on any atom is -0.369 e. The van der Waals surface area contributed by atoms with Gasteiger partial charge in [0.25, 0.3) is 0 Å². The second-order valence-corrected chi connectivity index (χ2v) is 5.24. The number of anilines is 1. The van der Waals surface area contributed by atoms with E-state index >= 15 is 0 Å². The molecule has 1 aromatic carbocycles. The largest absolute Gasteiger partial charge is 0.416 e. The normalized spacial score (nSPS) is 16.2. The van der Waals surface area contributed by atoms with Crippen LogP contribution in [0.2, 0.25) is 0 Å². The first-order valence-electron chi connectivity index (χ1n) is 6.52.